The molecule has 0 aromatic carbocycles. The summed E-state index contributed by atoms with van der Waals surface area (Å²) in [5, 5.41) is 3.28. The molecule has 2 aliphatic heterocycles. The number of hydrogen-bond donors (Lipinski definition) is 0. The molecule has 2 aromatic rings. The number of carbonyl (C=O) groups excluding carboxylic acids is 1. The molecule has 7 nitrogen and oxygen atoms in total. The van der Waals surface area contributed by atoms with Crippen molar-refractivity contribution in [1.82, 2.24) is 14.8 Å². The Morgan fingerprint density at radius 1 is 1.06 bits per heavy atom. The molecule has 0 fully saturated rings. The van der Waals surface area contributed by atoms with E-state index in [9.17, 15) is 39.9 Å². The van der Waals surface area contributed by atoms with Gasteiger partial charge in [-0.2, -0.15) is 45.1 Å². The molecule has 4 rings (SSSR count). The van der Waals surface area contributed by atoms with Crippen molar-refractivity contribution in [3.63, 3.8) is 0 Å². The van der Waals surface area contributed by atoms with E-state index in [1.54, 1.807) is 19.1 Å². The Balaban J connectivity index is 1.83. The van der Waals surface area contributed by atoms with Gasteiger partial charge in [0.25, 0.3) is 0 Å². The number of alkyl halides is 8. The summed E-state index contributed by atoms with van der Waals surface area (Å²) >= 11 is 0. The molecule has 184 valence electrons. The molecule has 0 N–H and O–H groups in total. The smallest absolute Gasteiger partial charge is 0.266 e. The number of allylic oxidation sites excluding steroid dienone is 2. The number of nitrogens with zero attached hydrogens (tertiary/aromatic N) is 6. The predicted octanol–water partition coefficient (Wildman–Crippen LogP) is 4.06. The van der Waals surface area contributed by atoms with Crippen molar-refractivity contribution in [1.29, 1.82) is 0 Å². The molecule has 0 saturated carbocycles. The molecule has 0 spiro atoms. The van der Waals surface area contributed by atoms with Crippen LogP contribution in [0.2, 0.25) is 0 Å². The van der Waals surface area contributed by atoms with Crippen LogP contribution >= 0.6 is 0 Å². The average molecular weight is 505 g/mol. The monoisotopic (exact) mass is 505 g/mol. The van der Waals surface area contributed by atoms with Crippen LogP contribution in [-0.4, -0.2) is 55.4 Å². The second-order valence-electron chi connectivity index (χ2n) is 7.57. The molecular weight excluding hydrogens is 492 g/mol. The summed E-state index contributed by atoms with van der Waals surface area (Å²) in [5.41, 5.74) is -2.69. The summed E-state index contributed by atoms with van der Waals surface area (Å²) < 4.78 is 107. The first-order chi connectivity index (χ1) is 16.1. The Labute approximate surface area is 191 Å². The van der Waals surface area contributed by atoms with Crippen molar-refractivity contribution in [2.24, 2.45) is 4.99 Å². The maximum absolute atomic E-state index is 13.9. The molecule has 4 heterocycles. The highest BCUT2D eigenvalue weighted by Crippen LogP contribution is 2.39. The lowest BCUT2D eigenvalue weighted by molar-refractivity contribution is -0.325. The topological polar surface area (TPSA) is 66.4 Å². The zero-order chi connectivity index (χ0) is 25.9. The summed E-state index contributed by atoms with van der Waals surface area (Å²) in [6, 6.07) is 4.72. The normalized spacial score (nSPS) is 16.9. The molecule has 2 aliphatic rings. The maximum atomic E-state index is 13.9. The Bertz CT molecular complexity index is 1360. The highest BCUT2D eigenvalue weighted by atomic mass is 19.4. The minimum absolute atomic E-state index is 0.105. The fourth-order valence-electron chi connectivity index (χ4n) is 3.39. The number of pyridine rings is 1. The van der Waals surface area contributed by atoms with E-state index in [1.165, 1.54) is 17.9 Å². The lowest BCUT2D eigenvalue weighted by Crippen LogP contribution is -2.41. The minimum atomic E-state index is -5.91. The summed E-state index contributed by atoms with van der Waals surface area (Å²) in [7, 11) is 0. The average Bonchev–Trinajstić information content (AvgIpc) is 3.29. The van der Waals surface area contributed by atoms with Gasteiger partial charge in [0.15, 0.2) is 11.5 Å². The Kier molecular flexibility index (Phi) is 5.43. The predicted molar refractivity (Wildman–Crippen MR) is 105 cm³/mol. The van der Waals surface area contributed by atoms with E-state index in [1.807, 2.05) is 0 Å². The number of amides is 1. The third-order valence-electron chi connectivity index (χ3n) is 4.94. The molecule has 0 unspecified atom stereocenters. The minimum Gasteiger partial charge on any atom is -0.266 e. The van der Waals surface area contributed by atoms with Crippen LogP contribution in [0, 0.1) is 6.92 Å². The van der Waals surface area contributed by atoms with E-state index in [4.69, 9.17) is 0 Å². The van der Waals surface area contributed by atoms with E-state index in [2.05, 4.69) is 20.9 Å². The number of carbonyl (C=O) groups is 1. The van der Waals surface area contributed by atoms with E-state index in [0.717, 1.165) is 0 Å². The third-order valence-corrected chi connectivity index (χ3v) is 4.94. The Morgan fingerprint density at radius 2 is 1.74 bits per heavy atom. The SMILES string of the molecule is CC1=C=[N+]2C(=O)C(c3cnn(CC(F)(F)C(F)(F)F)c3)=C(C(F)(F)F)N=C2N1c1cccc(C)n1. The molecular formula is C20H13F8N6O+. The summed E-state index contributed by atoms with van der Waals surface area (Å²) in [5.74, 6) is -4.23. The first-order valence-electron chi connectivity index (χ1n) is 9.66. The highest BCUT2D eigenvalue weighted by Gasteiger charge is 2.58. The molecule has 1 amide bonds. The van der Waals surface area contributed by atoms with Crippen molar-refractivity contribution in [2.75, 3.05) is 4.90 Å². The van der Waals surface area contributed by atoms with Crippen LogP contribution < -0.4 is 4.90 Å². The van der Waals surface area contributed by atoms with Gasteiger partial charge < -0.3 is 0 Å². The van der Waals surface area contributed by atoms with Gasteiger partial charge in [-0.3, -0.25) is 4.68 Å². The van der Waals surface area contributed by atoms with E-state index < -0.39 is 53.5 Å². The number of guanidine groups is 1. The van der Waals surface area contributed by atoms with Crippen LogP contribution in [0.25, 0.3) is 5.57 Å². The quantitative estimate of drug-likeness (QED) is 0.465. The Morgan fingerprint density at radius 3 is 2.34 bits per heavy atom. The van der Waals surface area contributed by atoms with E-state index in [0.29, 0.717) is 22.7 Å². The van der Waals surface area contributed by atoms with Crippen LogP contribution in [0.1, 0.15) is 18.2 Å². The third kappa shape index (κ3) is 4.22. The lowest BCUT2D eigenvalue weighted by Gasteiger charge is -2.19. The van der Waals surface area contributed by atoms with Gasteiger partial charge in [-0.05, 0) is 19.1 Å². The van der Waals surface area contributed by atoms with Gasteiger partial charge in [0.1, 0.15) is 12.1 Å². The number of halogens is 8. The van der Waals surface area contributed by atoms with Crippen molar-refractivity contribution in [3.8, 4) is 0 Å². The molecule has 0 radical (unpaired) electrons. The molecule has 0 saturated heterocycles. The van der Waals surface area contributed by atoms with Crippen LogP contribution in [0.5, 0.6) is 0 Å². The second-order valence-corrected chi connectivity index (χ2v) is 7.57. The number of aromatic nitrogens is 3. The van der Waals surface area contributed by atoms with Crippen LogP contribution in [0.3, 0.4) is 0 Å². The molecule has 2 aromatic heterocycles. The zero-order valence-electron chi connectivity index (χ0n) is 17.7. The number of aryl methyl sites for hydroxylation is 1. The van der Waals surface area contributed by atoms with Crippen molar-refractivity contribution in [3.05, 3.63) is 53.2 Å². The molecule has 0 aliphatic carbocycles. The lowest BCUT2D eigenvalue weighted by atomic mass is 10.0. The maximum Gasteiger partial charge on any atom is 0.455 e. The van der Waals surface area contributed by atoms with Crippen molar-refractivity contribution < 1.29 is 44.5 Å². The van der Waals surface area contributed by atoms with Gasteiger partial charge >= 0.3 is 30.1 Å². The second kappa shape index (κ2) is 7.83. The van der Waals surface area contributed by atoms with Gasteiger partial charge in [0, 0.05) is 24.4 Å². The number of aliphatic imine (C=N–C) groups is 1. The summed E-state index contributed by atoms with van der Waals surface area (Å²) in [6.45, 7) is 1.10. The van der Waals surface area contributed by atoms with Gasteiger partial charge in [-0.15, -0.1) is 4.58 Å². The van der Waals surface area contributed by atoms with Crippen LogP contribution in [0.15, 0.2) is 47.0 Å². The van der Waals surface area contributed by atoms with Gasteiger partial charge in [-0.1, -0.05) is 11.1 Å². The summed E-state index contributed by atoms with van der Waals surface area (Å²) in [4.78, 5) is 22.1. The molecule has 0 bridgehead atoms. The standard InChI is InChI=1S/C20H13F8N6O/c1-10-4-3-5-13(30-10)34-11(2)7-33-16(35)14(15(19(23,24)25)31-17(33)34)12-6-29-32(8-12)9-18(21,22)20(26,27)28/h3-6,8H,9H2,1-2H3/q+1. The van der Waals surface area contributed by atoms with Crippen molar-refractivity contribution >= 4 is 29.1 Å². The first-order valence-corrected chi connectivity index (χ1v) is 9.66. The number of fused-ring (bicyclic) bond motifs is 1. The number of anilines is 1. The largest absolute Gasteiger partial charge is 0.455 e. The fraction of sp³-hybridized carbons (Fsp3) is 0.300. The Hall–Kier alpha value is -3.87. The van der Waals surface area contributed by atoms with Gasteiger partial charge in [-0.25, -0.2) is 9.78 Å². The van der Waals surface area contributed by atoms with Gasteiger partial charge in [0.05, 0.1) is 12.1 Å². The highest BCUT2D eigenvalue weighted by molar-refractivity contribution is 6.24. The van der Waals surface area contributed by atoms with Crippen molar-refractivity contribution in [2.45, 2.75) is 38.7 Å². The van der Waals surface area contributed by atoms with Crippen LogP contribution in [0.4, 0.5) is 40.9 Å². The molecule has 0 atom stereocenters. The zero-order valence-corrected chi connectivity index (χ0v) is 17.7. The number of hydrogen-bond acceptors (Lipinski definition) is 5. The first kappa shape index (κ1) is 24.3. The summed E-state index contributed by atoms with van der Waals surface area (Å²) in [6.07, 6.45) is -10.0. The fourth-order valence-corrected chi connectivity index (χ4v) is 3.39. The van der Waals surface area contributed by atoms with Gasteiger partial charge in [0.2, 0.25) is 5.70 Å². The number of rotatable bonds is 4. The van der Waals surface area contributed by atoms with E-state index in [-0.39, 0.29) is 16.2 Å². The van der Waals surface area contributed by atoms with E-state index >= 15 is 0 Å². The molecule has 15 heteroatoms. The van der Waals surface area contributed by atoms with Crippen LogP contribution in [-0.2, 0) is 11.3 Å². The molecule has 35 heavy (non-hydrogen) atoms.